The quantitative estimate of drug-likeness (QED) is 0.751. The van der Waals surface area contributed by atoms with Crippen molar-refractivity contribution in [2.24, 2.45) is 0 Å². The average Bonchev–Trinajstić information content (AvgIpc) is 2.57. The fourth-order valence-electron chi connectivity index (χ4n) is 2.72. The molecule has 0 bridgehead atoms. The Morgan fingerprint density at radius 3 is 2.79 bits per heavy atom. The van der Waals surface area contributed by atoms with Crippen LogP contribution < -0.4 is 10.1 Å². The predicted molar refractivity (Wildman–Crippen MR) is 89.9 cm³/mol. The van der Waals surface area contributed by atoms with E-state index in [1.165, 1.54) is 0 Å². The second-order valence-corrected chi connectivity index (χ2v) is 5.46. The van der Waals surface area contributed by atoms with Crippen molar-refractivity contribution in [2.45, 2.75) is 32.6 Å². The molecule has 1 heterocycles. The van der Waals surface area contributed by atoms with Crippen LogP contribution in [0.3, 0.4) is 0 Å². The van der Waals surface area contributed by atoms with Crippen molar-refractivity contribution < 1.29 is 19.1 Å². The molecular formula is C18H20N2O4. The number of amides is 2. The third kappa shape index (κ3) is 3.95. The molecule has 2 aromatic rings. The van der Waals surface area contributed by atoms with Crippen molar-refractivity contribution in [2.75, 3.05) is 6.61 Å². The van der Waals surface area contributed by atoms with Gasteiger partial charge in [0.15, 0.2) is 6.29 Å². The Labute approximate surface area is 140 Å². The molecule has 1 N–H and O–H groups in total. The van der Waals surface area contributed by atoms with Crippen LogP contribution in [-0.4, -0.2) is 30.2 Å². The van der Waals surface area contributed by atoms with Crippen LogP contribution in [0.4, 0.5) is 0 Å². The number of rotatable bonds is 8. The molecule has 1 atom stereocenters. The minimum atomic E-state index is -0.434. The summed E-state index contributed by atoms with van der Waals surface area (Å²) in [5.41, 5.74) is 2.32. The van der Waals surface area contributed by atoms with Crippen LogP contribution in [0.1, 0.15) is 36.9 Å². The summed E-state index contributed by atoms with van der Waals surface area (Å²) in [6, 6.07) is 7.25. The number of nitrogens with one attached hydrogen (secondary N) is 1. The summed E-state index contributed by atoms with van der Waals surface area (Å²) in [5, 5.41) is 3.05. The van der Waals surface area contributed by atoms with Gasteiger partial charge >= 0.3 is 0 Å². The highest BCUT2D eigenvalue weighted by molar-refractivity contribution is 5.92. The topological polar surface area (TPSA) is 85.4 Å². The first-order chi connectivity index (χ1) is 11.6. The van der Waals surface area contributed by atoms with E-state index < -0.39 is 5.92 Å². The Morgan fingerprint density at radius 1 is 1.33 bits per heavy atom. The molecule has 0 aliphatic heterocycles. The number of benzene rings is 1. The lowest BCUT2D eigenvalue weighted by Crippen LogP contribution is -2.28. The van der Waals surface area contributed by atoms with Crippen LogP contribution in [0.5, 0.6) is 5.75 Å². The van der Waals surface area contributed by atoms with Gasteiger partial charge in [-0.25, -0.2) is 0 Å². The zero-order valence-electron chi connectivity index (χ0n) is 13.7. The third-order valence-corrected chi connectivity index (χ3v) is 3.80. The fourth-order valence-corrected chi connectivity index (χ4v) is 2.72. The molecule has 0 spiro atoms. The van der Waals surface area contributed by atoms with Crippen LogP contribution in [0.2, 0.25) is 0 Å². The molecule has 0 saturated carbocycles. The van der Waals surface area contributed by atoms with Gasteiger partial charge in [-0.1, -0.05) is 13.3 Å². The van der Waals surface area contributed by atoms with Gasteiger partial charge in [0, 0.05) is 11.1 Å². The molecule has 0 saturated heterocycles. The van der Waals surface area contributed by atoms with E-state index >= 15 is 0 Å². The second-order valence-electron chi connectivity index (χ2n) is 5.46. The van der Waals surface area contributed by atoms with Crippen LogP contribution in [0.15, 0.2) is 24.3 Å². The molecule has 0 fully saturated rings. The number of fused-ring (bicyclic) bond motifs is 1. The number of nitrogens with zero attached hydrogens (tertiary/aromatic N) is 1. The number of aldehydes is 1. The van der Waals surface area contributed by atoms with E-state index in [9.17, 15) is 14.4 Å². The van der Waals surface area contributed by atoms with Crippen LogP contribution in [0.25, 0.3) is 10.9 Å². The van der Waals surface area contributed by atoms with Crippen LogP contribution in [-0.2, 0) is 14.4 Å². The van der Waals surface area contributed by atoms with E-state index in [0.717, 1.165) is 28.6 Å². The summed E-state index contributed by atoms with van der Waals surface area (Å²) in [7, 11) is 0. The molecular weight excluding hydrogens is 308 g/mol. The lowest BCUT2D eigenvalue weighted by molar-refractivity contribution is -0.126. The van der Waals surface area contributed by atoms with E-state index in [2.05, 4.69) is 10.3 Å². The highest BCUT2D eigenvalue weighted by Crippen LogP contribution is 2.29. The molecule has 1 aromatic heterocycles. The summed E-state index contributed by atoms with van der Waals surface area (Å²) in [6.45, 7) is 3.82. The monoisotopic (exact) mass is 328 g/mol. The first kappa shape index (κ1) is 17.6. The molecule has 6 heteroatoms. The van der Waals surface area contributed by atoms with Crippen LogP contribution in [0, 0.1) is 6.92 Å². The predicted octanol–water partition coefficient (Wildman–Crippen LogP) is 2.28. The number of carbonyl (C=O) groups is 3. The second kappa shape index (κ2) is 8.19. The van der Waals surface area contributed by atoms with Gasteiger partial charge in [0.25, 0.3) is 0 Å². The van der Waals surface area contributed by atoms with E-state index in [0.29, 0.717) is 24.9 Å². The summed E-state index contributed by atoms with van der Waals surface area (Å²) in [5.74, 6) is -0.198. The minimum absolute atomic E-state index is 0.0160. The van der Waals surface area contributed by atoms with Crippen molar-refractivity contribution in [3.05, 3.63) is 35.5 Å². The molecule has 0 aliphatic carbocycles. The summed E-state index contributed by atoms with van der Waals surface area (Å²) >= 11 is 0. The van der Waals surface area contributed by atoms with Crippen molar-refractivity contribution in [1.29, 1.82) is 0 Å². The number of aryl methyl sites for hydroxylation is 1. The molecule has 6 nitrogen and oxygen atoms in total. The van der Waals surface area contributed by atoms with Gasteiger partial charge in [-0.15, -0.1) is 0 Å². The van der Waals surface area contributed by atoms with Crippen LogP contribution >= 0.6 is 0 Å². The Kier molecular flexibility index (Phi) is 6.01. The molecule has 0 aliphatic rings. The number of hydrogen-bond acceptors (Lipinski definition) is 5. The zero-order valence-corrected chi connectivity index (χ0v) is 13.7. The standard InChI is InChI=1S/C18H20N2O4/c1-3-4-15(18(23)19-11-22)16-10-13-9-14(24-8-7-21)5-6-17(13)20-12(16)2/h5-7,9-11,15H,3-4,8H2,1-2H3,(H,19,22,23). The number of ether oxygens (including phenoxy) is 1. The van der Waals surface area contributed by atoms with Crippen molar-refractivity contribution in [3.8, 4) is 5.75 Å². The first-order valence-electron chi connectivity index (χ1n) is 7.82. The van der Waals surface area contributed by atoms with Gasteiger partial charge < -0.3 is 4.74 Å². The van der Waals surface area contributed by atoms with Crippen molar-refractivity contribution >= 4 is 29.5 Å². The van der Waals surface area contributed by atoms with E-state index in [1.54, 1.807) is 12.1 Å². The van der Waals surface area contributed by atoms with Gasteiger partial charge in [-0.05, 0) is 43.2 Å². The van der Waals surface area contributed by atoms with Gasteiger partial charge in [-0.3, -0.25) is 24.7 Å². The molecule has 0 radical (unpaired) electrons. The number of carbonyl (C=O) groups excluding carboxylic acids is 3. The fraction of sp³-hybridized carbons (Fsp3) is 0.333. The summed E-state index contributed by atoms with van der Waals surface area (Å²) < 4.78 is 5.31. The number of hydrogen-bond donors (Lipinski definition) is 1. The van der Waals surface area contributed by atoms with E-state index in [-0.39, 0.29) is 12.5 Å². The van der Waals surface area contributed by atoms with Gasteiger partial charge in [-0.2, -0.15) is 0 Å². The van der Waals surface area contributed by atoms with E-state index in [4.69, 9.17) is 4.74 Å². The van der Waals surface area contributed by atoms with Crippen molar-refractivity contribution in [3.63, 3.8) is 0 Å². The normalized spacial score (nSPS) is 11.8. The molecule has 126 valence electrons. The van der Waals surface area contributed by atoms with Gasteiger partial charge in [0.05, 0.1) is 11.4 Å². The highest BCUT2D eigenvalue weighted by atomic mass is 16.5. The minimum Gasteiger partial charge on any atom is -0.486 e. The third-order valence-electron chi connectivity index (χ3n) is 3.80. The van der Waals surface area contributed by atoms with Crippen molar-refractivity contribution in [1.82, 2.24) is 10.3 Å². The smallest absolute Gasteiger partial charge is 0.233 e. The summed E-state index contributed by atoms with van der Waals surface area (Å²) in [4.78, 5) is 37.8. The molecule has 2 rings (SSSR count). The Hall–Kier alpha value is -2.76. The summed E-state index contributed by atoms with van der Waals surface area (Å²) in [6.07, 6.45) is 2.51. The molecule has 2 amide bonds. The van der Waals surface area contributed by atoms with E-state index in [1.807, 2.05) is 26.0 Å². The maximum Gasteiger partial charge on any atom is 0.233 e. The largest absolute Gasteiger partial charge is 0.486 e. The maximum absolute atomic E-state index is 12.2. The first-order valence-corrected chi connectivity index (χ1v) is 7.82. The molecule has 24 heavy (non-hydrogen) atoms. The SMILES string of the molecule is CCCC(C(=O)NC=O)c1cc2cc(OCC=O)ccc2nc1C. The lowest BCUT2D eigenvalue weighted by atomic mass is 9.91. The maximum atomic E-state index is 12.2. The Morgan fingerprint density at radius 2 is 2.12 bits per heavy atom. The Balaban J connectivity index is 2.46. The lowest BCUT2D eigenvalue weighted by Gasteiger charge is -2.17. The highest BCUT2D eigenvalue weighted by Gasteiger charge is 2.22. The number of aromatic nitrogens is 1. The molecule has 1 aromatic carbocycles. The zero-order chi connectivity index (χ0) is 17.5. The van der Waals surface area contributed by atoms with Gasteiger partial charge in [0.1, 0.15) is 12.4 Å². The molecule has 1 unspecified atom stereocenters. The Bertz CT molecular complexity index is 758. The van der Waals surface area contributed by atoms with Gasteiger partial charge in [0.2, 0.25) is 12.3 Å². The number of pyridine rings is 1. The average molecular weight is 328 g/mol. The number of imide groups is 1.